The second-order valence-corrected chi connectivity index (χ2v) is 5.12. The summed E-state index contributed by atoms with van der Waals surface area (Å²) >= 11 is 0. The molecule has 2 heterocycles. The average molecular weight is 313 g/mol. The summed E-state index contributed by atoms with van der Waals surface area (Å²) < 4.78 is 20.0. The predicted octanol–water partition coefficient (Wildman–Crippen LogP) is 2.56. The number of furan rings is 1. The van der Waals surface area contributed by atoms with Gasteiger partial charge in [0.25, 0.3) is 0 Å². The van der Waals surface area contributed by atoms with Gasteiger partial charge in [-0.15, -0.1) is 0 Å². The van der Waals surface area contributed by atoms with Gasteiger partial charge in [0, 0.05) is 18.9 Å². The van der Waals surface area contributed by atoms with Crippen molar-refractivity contribution in [1.82, 2.24) is 15.1 Å². The molecule has 1 unspecified atom stereocenters. The van der Waals surface area contributed by atoms with E-state index in [1.807, 2.05) is 18.3 Å². The molecular formula is C17H16FN3O2. The van der Waals surface area contributed by atoms with Crippen LogP contribution in [0.1, 0.15) is 17.4 Å². The minimum absolute atomic E-state index is 0.139. The molecule has 1 aromatic carbocycles. The van der Waals surface area contributed by atoms with Crippen LogP contribution in [-0.2, 0) is 11.2 Å². The highest BCUT2D eigenvalue weighted by Crippen LogP contribution is 2.17. The summed E-state index contributed by atoms with van der Waals surface area (Å²) in [5, 5.41) is 7.08. The molecule has 5 nitrogen and oxygen atoms in total. The summed E-state index contributed by atoms with van der Waals surface area (Å²) in [6.45, 7) is 0.356. The van der Waals surface area contributed by atoms with Gasteiger partial charge < -0.3 is 9.73 Å². The molecule has 0 saturated heterocycles. The zero-order valence-electron chi connectivity index (χ0n) is 12.4. The Balaban J connectivity index is 1.62. The topological polar surface area (TPSA) is 60.1 Å². The monoisotopic (exact) mass is 313 g/mol. The smallest absolute Gasteiger partial charge is 0.224 e. The Hall–Kier alpha value is -2.89. The van der Waals surface area contributed by atoms with Crippen molar-refractivity contribution in [1.29, 1.82) is 0 Å². The molecule has 0 aliphatic heterocycles. The highest BCUT2D eigenvalue weighted by Gasteiger charge is 2.18. The van der Waals surface area contributed by atoms with Crippen molar-refractivity contribution >= 4 is 5.91 Å². The third-order valence-corrected chi connectivity index (χ3v) is 3.49. The molecule has 3 rings (SSSR count). The van der Waals surface area contributed by atoms with E-state index in [1.54, 1.807) is 35.3 Å². The van der Waals surface area contributed by atoms with E-state index in [1.165, 1.54) is 12.1 Å². The Morgan fingerprint density at radius 3 is 2.74 bits per heavy atom. The van der Waals surface area contributed by atoms with Crippen molar-refractivity contribution in [3.05, 3.63) is 78.3 Å². The zero-order chi connectivity index (χ0) is 16.1. The van der Waals surface area contributed by atoms with Crippen LogP contribution in [0.5, 0.6) is 0 Å². The van der Waals surface area contributed by atoms with Crippen LogP contribution < -0.4 is 5.32 Å². The Labute approximate surface area is 132 Å². The average Bonchev–Trinajstić information content (AvgIpc) is 3.24. The van der Waals surface area contributed by atoms with Crippen molar-refractivity contribution in [2.24, 2.45) is 0 Å². The van der Waals surface area contributed by atoms with Gasteiger partial charge >= 0.3 is 0 Å². The number of halogens is 1. The SMILES string of the molecule is O=C(Cc1ccc(F)cc1)NCC(c1ccco1)n1cccn1. The number of carbonyl (C=O) groups excluding carboxylic acids is 1. The lowest BCUT2D eigenvalue weighted by atomic mass is 10.1. The zero-order valence-corrected chi connectivity index (χ0v) is 12.4. The first-order valence-electron chi connectivity index (χ1n) is 7.26. The summed E-state index contributed by atoms with van der Waals surface area (Å²) in [6, 6.07) is 11.1. The third-order valence-electron chi connectivity index (χ3n) is 3.49. The van der Waals surface area contributed by atoms with Crippen molar-refractivity contribution < 1.29 is 13.6 Å². The van der Waals surface area contributed by atoms with Gasteiger partial charge in [-0.25, -0.2) is 4.39 Å². The molecule has 23 heavy (non-hydrogen) atoms. The van der Waals surface area contributed by atoms with Crippen LogP contribution in [0.2, 0.25) is 0 Å². The van der Waals surface area contributed by atoms with Gasteiger partial charge in [0.1, 0.15) is 17.6 Å². The van der Waals surface area contributed by atoms with Crippen LogP contribution in [0.15, 0.2) is 65.5 Å². The lowest BCUT2D eigenvalue weighted by molar-refractivity contribution is -0.120. The molecular weight excluding hydrogens is 297 g/mol. The molecule has 0 aliphatic carbocycles. The van der Waals surface area contributed by atoms with E-state index in [9.17, 15) is 9.18 Å². The number of aromatic nitrogens is 2. The van der Waals surface area contributed by atoms with Gasteiger partial charge in [-0.1, -0.05) is 12.1 Å². The summed E-state index contributed by atoms with van der Waals surface area (Å²) in [4.78, 5) is 12.1. The highest BCUT2D eigenvalue weighted by molar-refractivity contribution is 5.78. The number of nitrogens with one attached hydrogen (secondary N) is 1. The molecule has 1 amide bonds. The first kappa shape index (κ1) is 15.0. The molecule has 6 heteroatoms. The Morgan fingerprint density at radius 1 is 1.26 bits per heavy atom. The Morgan fingerprint density at radius 2 is 2.09 bits per heavy atom. The molecule has 0 fully saturated rings. The van der Waals surface area contributed by atoms with Gasteiger partial charge in [0.05, 0.1) is 12.7 Å². The van der Waals surface area contributed by atoms with Crippen LogP contribution >= 0.6 is 0 Å². The van der Waals surface area contributed by atoms with E-state index in [0.29, 0.717) is 6.54 Å². The summed E-state index contributed by atoms with van der Waals surface area (Å²) in [6.07, 6.45) is 5.28. The number of hydrogen-bond acceptors (Lipinski definition) is 3. The van der Waals surface area contributed by atoms with Crippen LogP contribution in [0.3, 0.4) is 0 Å². The number of amides is 1. The second-order valence-electron chi connectivity index (χ2n) is 5.12. The minimum atomic E-state index is -0.314. The predicted molar refractivity (Wildman–Crippen MR) is 82.2 cm³/mol. The Kier molecular flexibility index (Phi) is 4.52. The van der Waals surface area contributed by atoms with Gasteiger partial charge in [0.2, 0.25) is 5.91 Å². The fraction of sp³-hybridized carbons (Fsp3) is 0.176. The Bertz CT molecular complexity index is 703. The van der Waals surface area contributed by atoms with Gasteiger partial charge in [-0.3, -0.25) is 9.48 Å². The maximum absolute atomic E-state index is 12.9. The molecule has 2 aromatic heterocycles. The van der Waals surface area contributed by atoms with Crippen LogP contribution in [0.25, 0.3) is 0 Å². The molecule has 1 atom stereocenters. The molecule has 118 valence electrons. The molecule has 0 aliphatic rings. The maximum Gasteiger partial charge on any atom is 0.224 e. The molecule has 3 aromatic rings. The highest BCUT2D eigenvalue weighted by atomic mass is 19.1. The molecule has 0 spiro atoms. The quantitative estimate of drug-likeness (QED) is 0.761. The number of nitrogens with zero attached hydrogens (tertiary/aromatic N) is 2. The van der Waals surface area contributed by atoms with E-state index in [-0.39, 0.29) is 24.2 Å². The summed E-state index contributed by atoms with van der Waals surface area (Å²) in [7, 11) is 0. The second kappa shape index (κ2) is 6.91. The fourth-order valence-corrected chi connectivity index (χ4v) is 2.33. The fourth-order valence-electron chi connectivity index (χ4n) is 2.33. The van der Waals surface area contributed by atoms with Crippen molar-refractivity contribution in [3.63, 3.8) is 0 Å². The first-order valence-corrected chi connectivity index (χ1v) is 7.26. The standard InChI is InChI=1S/C17H16FN3O2/c18-14-6-4-13(5-7-14)11-17(22)19-12-15(16-3-1-10-23-16)21-9-2-8-20-21/h1-10,15H,11-12H2,(H,19,22). The molecule has 0 bridgehead atoms. The van der Waals surface area contributed by atoms with Crippen molar-refractivity contribution in [2.45, 2.75) is 12.5 Å². The largest absolute Gasteiger partial charge is 0.467 e. The third kappa shape index (κ3) is 3.85. The maximum atomic E-state index is 12.9. The van der Waals surface area contributed by atoms with Gasteiger partial charge in [0.15, 0.2) is 0 Å². The number of rotatable bonds is 6. The van der Waals surface area contributed by atoms with Crippen molar-refractivity contribution in [3.8, 4) is 0 Å². The summed E-state index contributed by atoms with van der Waals surface area (Å²) in [5.41, 5.74) is 0.762. The van der Waals surface area contributed by atoms with Gasteiger partial charge in [-0.05, 0) is 35.9 Å². The minimum Gasteiger partial charge on any atom is -0.467 e. The lowest BCUT2D eigenvalue weighted by Gasteiger charge is -2.16. The summed E-state index contributed by atoms with van der Waals surface area (Å²) in [5.74, 6) is 0.266. The van der Waals surface area contributed by atoms with E-state index in [4.69, 9.17) is 4.42 Å². The lowest BCUT2D eigenvalue weighted by Crippen LogP contribution is -2.32. The van der Waals surface area contributed by atoms with Crippen LogP contribution in [0, 0.1) is 5.82 Å². The van der Waals surface area contributed by atoms with E-state index in [2.05, 4.69) is 10.4 Å². The molecule has 0 saturated carbocycles. The van der Waals surface area contributed by atoms with E-state index in [0.717, 1.165) is 11.3 Å². The van der Waals surface area contributed by atoms with E-state index >= 15 is 0 Å². The van der Waals surface area contributed by atoms with Crippen molar-refractivity contribution in [2.75, 3.05) is 6.54 Å². The molecule has 1 N–H and O–H groups in total. The number of hydrogen-bond donors (Lipinski definition) is 1. The van der Waals surface area contributed by atoms with Crippen LogP contribution in [0.4, 0.5) is 4.39 Å². The number of carbonyl (C=O) groups is 1. The normalized spacial score (nSPS) is 12.0. The number of benzene rings is 1. The van der Waals surface area contributed by atoms with E-state index < -0.39 is 0 Å². The van der Waals surface area contributed by atoms with Gasteiger partial charge in [-0.2, -0.15) is 5.10 Å². The van der Waals surface area contributed by atoms with Crippen LogP contribution in [-0.4, -0.2) is 22.2 Å². The first-order chi connectivity index (χ1) is 11.2. The molecule has 0 radical (unpaired) electrons.